The number of rotatable bonds is 7. The van der Waals surface area contributed by atoms with E-state index in [2.05, 4.69) is 40.7 Å². The zero-order valence-corrected chi connectivity index (χ0v) is 19.7. The number of aryl methyl sites for hydroxylation is 3. The first-order valence-corrected chi connectivity index (χ1v) is 12.3. The van der Waals surface area contributed by atoms with Gasteiger partial charge >= 0.3 is 5.16 Å². The van der Waals surface area contributed by atoms with Crippen molar-refractivity contribution in [1.29, 1.82) is 0 Å². The maximum atomic E-state index is 13.5. The van der Waals surface area contributed by atoms with Gasteiger partial charge in [-0.2, -0.15) is 4.98 Å². The second kappa shape index (κ2) is 9.45. The number of methoxy groups -OCH3 is 1. The Morgan fingerprint density at radius 1 is 1.16 bits per heavy atom. The van der Waals surface area contributed by atoms with Crippen LogP contribution in [-0.4, -0.2) is 26.2 Å². The minimum atomic E-state index is -1.31. The maximum Gasteiger partial charge on any atom is 0.324 e. The fraction of sp³-hybridized carbons (Fsp3) is 0.440. The van der Waals surface area contributed by atoms with Crippen LogP contribution in [0.25, 0.3) is 11.0 Å². The van der Waals surface area contributed by atoms with Crippen LogP contribution >= 0.6 is 0 Å². The Morgan fingerprint density at radius 3 is 2.74 bits per heavy atom. The molecule has 4 rings (SSSR count). The van der Waals surface area contributed by atoms with Gasteiger partial charge in [0.1, 0.15) is 5.75 Å². The predicted octanol–water partition coefficient (Wildman–Crippen LogP) is 5.56. The first-order chi connectivity index (χ1) is 15.0. The standard InChI is InChI=1S/C25H31N3O2S/c1-17-9-8-12-22-23(17)27-25(28(22)14-13-20-10-6-5-7-11-20)31(29)16-21-19(3)24(30-4)18(2)15-26-21/h8-10,12,15H,5-7,11,13-14,16H2,1-4H3. The normalized spacial score (nSPS) is 15.2. The molecule has 0 aliphatic heterocycles. The van der Waals surface area contributed by atoms with E-state index in [-0.39, 0.29) is 0 Å². The second-order valence-electron chi connectivity index (χ2n) is 8.38. The van der Waals surface area contributed by atoms with E-state index < -0.39 is 11.2 Å². The largest absolute Gasteiger partial charge is 0.609 e. The molecule has 5 nitrogen and oxygen atoms in total. The van der Waals surface area contributed by atoms with Crippen molar-refractivity contribution in [3.05, 3.63) is 58.4 Å². The SMILES string of the molecule is COc1c(C)cnc(C[S+]([O-])c2nc3c(C)cccc3n2CCC2=CCCCC2)c1C. The van der Waals surface area contributed by atoms with Crippen molar-refractivity contribution in [3.63, 3.8) is 0 Å². The van der Waals surface area contributed by atoms with Gasteiger partial charge in [-0.3, -0.25) is 9.55 Å². The lowest BCUT2D eigenvalue weighted by atomic mass is 9.97. The first kappa shape index (κ1) is 21.9. The third-order valence-corrected chi connectivity index (χ3v) is 7.46. The van der Waals surface area contributed by atoms with Gasteiger partial charge in [0, 0.05) is 35.0 Å². The lowest BCUT2D eigenvalue weighted by Crippen LogP contribution is -2.15. The fourth-order valence-electron chi connectivity index (χ4n) is 4.45. The molecule has 1 atom stereocenters. The average Bonchev–Trinajstić information content (AvgIpc) is 3.15. The molecule has 0 saturated heterocycles. The van der Waals surface area contributed by atoms with E-state index in [0.717, 1.165) is 52.1 Å². The molecule has 1 aliphatic carbocycles. The van der Waals surface area contributed by atoms with Crippen LogP contribution < -0.4 is 4.74 Å². The number of nitrogens with zero attached hydrogens (tertiary/aromatic N) is 3. The number of pyridine rings is 1. The van der Waals surface area contributed by atoms with Crippen LogP contribution in [0.1, 0.15) is 54.5 Å². The van der Waals surface area contributed by atoms with Gasteiger partial charge in [-0.15, -0.1) is 0 Å². The highest BCUT2D eigenvalue weighted by atomic mass is 32.2. The Bertz CT molecular complexity index is 1120. The zero-order chi connectivity index (χ0) is 22.0. The molecule has 0 amide bonds. The number of fused-ring (bicyclic) bond motifs is 1. The summed E-state index contributed by atoms with van der Waals surface area (Å²) in [5, 5.41) is 0.640. The van der Waals surface area contributed by atoms with Crippen LogP contribution in [0.4, 0.5) is 0 Å². The highest BCUT2D eigenvalue weighted by Gasteiger charge is 2.25. The lowest BCUT2D eigenvalue weighted by molar-refractivity contribution is 0.407. The molecule has 31 heavy (non-hydrogen) atoms. The number of ether oxygens (including phenoxy) is 1. The molecule has 2 aromatic heterocycles. The number of hydrogen-bond donors (Lipinski definition) is 0. The highest BCUT2D eigenvalue weighted by Crippen LogP contribution is 2.29. The molecule has 0 N–H and O–H groups in total. The maximum absolute atomic E-state index is 13.5. The fourth-order valence-corrected chi connectivity index (χ4v) is 5.75. The summed E-state index contributed by atoms with van der Waals surface area (Å²) in [5.41, 5.74) is 7.35. The number of para-hydroxylation sites is 1. The Balaban J connectivity index is 1.67. The van der Waals surface area contributed by atoms with E-state index in [4.69, 9.17) is 9.72 Å². The number of hydrogen-bond acceptors (Lipinski definition) is 4. The Hall–Kier alpha value is -2.31. The molecule has 164 valence electrons. The quantitative estimate of drug-likeness (QED) is 0.358. The van der Waals surface area contributed by atoms with Crippen molar-refractivity contribution < 1.29 is 9.29 Å². The monoisotopic (exact) mass is 437 g/mol. The molecule has 2 heterocycles. The minimum Gasteiger partial charge on any atom is -0.609 e. The summed E-state index contributed by atoms with van der Waals surface area (Å²) in [7, 11) is 1.66. The van der Waals surface area contributed by atoms with Crippen LogP contribution in [0.15, 0.2) is 41.2 Å². The summed E-state index contributed by atoms with van der Waals surface area (Å²) in [4.78, 5) is 9.40. The van der Waals surface area contributed by atoms with Gasteiger partial charge in [0.15, 0.2) is 5.75 Å². The molecule has 3 aromatic rings. The summed E-state index contributed by atoms with van der Waals surface area (Å²) in [6.45, 7) is 6.82. The van der Waals surface area contributed by atoms with Crippen molar-refractivity contribution in [3.8, 4) is 5.75 Å². The molecular formula is C25H31N3O2S. The van der Waals surface area contributed by atoms with Crippen molar-refractivity contribution in [2.75, 3.05) is 7.11 Å². The molecule has 0 saturated carbocycles. The van der Waals surface area contributed by atoms with Gasteiger partial charge in [0.2, 0.25) is 0 Å². The van der Waals surface area contributed by atoms with E-state index in [9.17, 15) is 4.55 Å². The first-order valence-electron chi connectivity index (χ1n) is 11.0. The molecule has 0 bridgehead atoms. The molecular weight excluding hydrogens is 406 g/mol. The third kappa shape index (κ3) is 4.51. The third-order valence-electron chi connectivity index (χ3n) is 6.21. The summed E-state index contributed by atoms with van der Waals surface area (Å²) in [5.74, 6) is 1.14. The number of allylic oxidation sites excluding steroid dienone is 2. The lowest BCUT2D eigenvalue weighted by Gasteiger charge is -2.16. The van der Waals surface area contributed by atoms with E-state index in [1.54, 1.807) is 13.3 Å². The topological polar surface area (TPSA) is 63.0 Å². The molecule has 6 heteroatoms. The minimum absolute atomic E-state index is 0.327. The van der Waals surface area contributed by atoms with E-state index in [1.807, 2.05) is 13.8 Å². The Kier molecular flexibility index (Phi) is 6.68. The van der Waals surface area contributed by atoms with Crippen molar-refractivity contribution in [2.24, 2.45) is 0 Å². The van der Waals surface area contributed by atoms with Crippen molar-refractivity contribution in [1.82, 2.24) is 14.5 Å². The van der Waals surface area contributed by atoms with Gasteiger partial charge in [-0.25, -0.2) is 0 Å². The predicted molar refractivity (Wildman–Crippen MR) is 126 cm³/mol. The van der Waals surface area contributed by atoms with E-state index >= 15 is 0 Å². The summed E-state index contributed by atoms with van der Waals surface area (Å²) in [6, 6.07) is 6.20. The van der Waals surface area contributed by atoms with Crippen LogP contribution in [0.3, 0.4) is 0 Å². The van der Waals surface area contributed by atoms with Gasteiger partial charge in [0.25, 0.3) is 0 Å². The Labute approximate surface area is 187 Å². The van der Waals surface area contributed by atoms with Crippen LogP contribution in [0, 0.1) is 20.8 Å². The molecule has 0 spiro atoms. The van der Waals surface area contributed by atoms with E-state index in [1.165, 1.54) is 31.3 Å². The molecule has 1 unspecified atom stereocenters. The molecule has 1 aliphatic rings. The molecule has 0 radical (unpaired) electrons. The summed E-state index contributed by atoms with van der Waals surface area (Å²) in [6.07, 6.45) is 10.1. The second-order valence-corrected chi connectivity index (χ2v) is 9.73. The van der Waals surface area contributed by atoms with Gasteiger partial charge in [0.05, 0.1) is 23.8 Å². The number of imidazole rings is 1. The van der Waals surface area contributed by atoms with Gasteiger partial charge in [-0.05, 0) is 64.5 Å². The Morgan fingerprint density at radius 2 is 2.00 bits per heavy atom. The smallest absolute Gasteiger partial charge is 0.324 e. The van der Waals surface area contributed by atoms with Crippen LogP contribution in [-0.2, 0) is 23.5 Å². The van der Waals surface area contributed by atoms with Crippen LogP contribution in [0.5, 0.6) is 5.75 Å². The molecule has 1 aromatic carbocycles. The molecule has 0 fully saturated rings. The number of aromatic nitrogens is 3. The highest BCUT2D eigenvalue weighted by molar-refractivity contribution is 7.90. The van der Waals surface area contributed by atoms with E-state index in [0.29, 0.717) is 10.9 Å². The van der Waals surface area contributed by atoms with Crippen LogP contribution in [0.2, 0.25) is 0 Å². The van der Waals surface area contributed by atoms with Gasteiger partial charge < -0.3 is 9.29 Å². The summed E-state index contributed by atoms with van der Waals surface area (Å²) < 4.78 is 21.2. The zero-order valence-electron chi connectivity index (χ0n) is 18.9. The number of benzene rings is 1. The average molecular weight is 438 g/mol. The van der Waals surface area contributed by atoms with Gasteiger partial charge in [-0.1, -0.05) is 23.8 Å². The summed E-state index contributed by atoms with van der Waals surface area (Å²) >= 11 is -1.31. The van der Waals surface area contributed by atoms with Crippen molar-refractivity contribution >= 4 is 22.2 Å². The van der Waals surface area contributed by atoms with Crippen molar-refractivity contribution in [2.45, 2.75) is 70.3 Å².